The molecule has 1 saturated carbocycles. The van der Waals surface area contributed by atoms with Gasteiger partial charge in [-0.3, -0.25) is 19.4 Å². The number of nitrogens with one attached hydrogen (secondary N) is 2. The Kier molecular flexibility index (Phi) is 5.59. The highest BCUT2D eigenvalue weighted by atomic mass is 16.5. The maximum absolute atomic E-state index is 12.4. The van der Waals surface area contributed by atoms with E-state index in [-0.39, 0.29) is 11.5 Å². The number of aromatic amines is 1. The van der Waals surface area contributed by atoms with Gasteiger partial charge in [0.1, 0.15) is 5.82 Å². The third kappa shape index (κ3) is 4.80. The number of esters is 1. The van der Waals surface area contributed by atoms with E-state index in [9.17, 15) is 14.4 Å². The van der Waals surface area contributed by atoms with Crippen LogP contribution in [-0.4, -0.2) is 77.5 Å². The fourth-order valence-electron chi connectivity index (χ4n) is 3.53. The molecule has 2 fully saturated rings. The van der Waals surface area contributed by atoms with Gasteiger partial charge in [-0.15, -0.1) is 0 Å². The molecule has 154 valence electrons. The second-order valence-electron chi connectivity index (χ2n) is 7.63. The topological polar surface area (TPSA) is 108 Å². The van der Waals surface area contributed by atoms with E-state index in [1.807, 2.05) is 0 Å². The van der Waals surface area contributed by atoms with Crippen molar-refractivity contribution in [1.82, 2.24) is 25.1 Å². The Morgan fingerprint density at radius 1 is 1.21 bits per heavy atom. The molecule has 1 aliphatic carbocycles. The van der Waals surface area contributed by atoms with Crippen molar-refractivity contribution in [2.24, 2.45) is 0 Å². The maximum atomic E-state index is 12.4. The molecule has 2 N–H and O–H groups in total. The number of nitrogens with zero attached hydrogens (tertiary/aromatic N) is 3. The minimum absolute atomic E-state index is 0.0999. The first kappa shape index (κ1) is 19.5. The Bertz CT molecular complexity index is 976. The Labute approximate surface area is 168 Å². The molecule has 1 amide bonds. The quantitative estimate of drug-likeness (QED) is 0.664. The van der Waals surface area contributed by atoms with Crippen molar-refractivity contribution in [2.75, 3.05) is 39.8 Å². The van der Waals surface area contributed by atoms with Crippen LogP contribution in [-0.2, 0) is 16.1 Å². The van der Waals surface area contributed by atoms with Crippen LogP contribution in [0.25, 0.3) is 10.9 Å². The Balaban J connectivity index is 1.38. The second-order valence-corrected chi connectivity index (χ2v) is 7.63. The lowest BCUT2D eigenvalue weighted by molar-refractivity contribution is -0.122. The molecule has 1 aromatic carbocycles. The number of fused-ring (bicyclic) bond motifs is 1. The summed E-state index contributed by atoms with van der Waals surface area (Å²) >= 11 is 0. The molecular formula is C20H25N5O4. The summed E-state index contributed by atoms with van der Waals surface area (Å²) in [4.78, 5) is 47.8. The second kappa shape index (κ2) is 8.30. The van der Waals surface area contributed by atoms with Crippen molar-refractivity contribution in [3.63, 3.8) is 0 Å². The molecular weight excluding hydrogens is 374 g/mol. The van der Waals surface area contributed by atoms with Crippen molar-refractivity contribution < 1.29 is 14.3 Å². The van der Waals surface area contributed by atoms with E-state index in [0.717, 1.165) is 39.0 Å². The van der Waals surface area contributed by atoms with Gasteiger partial charge < -0.3 is 15.0 Å². The van der Waals surface area contributed by atoms with E-state index >= 15 is 0 Å². The predicted octanol–water partition coefficient (Wildman–Crippen LogP) is 0.106. The Morgan fingerprint density at radius 3 is 2.62 bits per heavy atom. The van der Waals surface area contributed by atoms with Gasteiger partial charge in [-0.05, 0) is 31.0 Å². The summed E-state index contributed by atoms with van der Waals surface area (Å²) < 4.78 is 4.74. The third-order valence-electron chi connectivity index (χ3n) is 5.32. The monoisotopic (exact) mass is 399 g/mol. The van der Waals surface area contributed by atoms with Gasteiger partial charge in [0.05, 0.1) is 36.7 Å². The van der Waals surface area contributed by atoms with Crippen LogP contribution in [0, 0.1) is 0 Å². The lowest BCUT2D eigenvalue weighted by Gasteiger charge is -2.33. The molecule has 0 atom stereocenters. The van der Waals surface area contributed by atoms with Crippen LogP contribution in [0.5, 0.6) is 0 Å². The highest BCUT2D eigenvalue weighted by Gasteiger charge is 2.25. The molecule has 9 nitrogen and oxygen atoms in total. The summed E-state index contributed by atoms with van der Waals surface area (Å²) in [7, 11) is 1.32. The number of H-pyrrole nitrogens is 1. The molecule has 2 aromatic rings. The van der Waals surface area contributed by atoms with Crippen molar-refractivity contribution >= 4 is 22.8 Å². The molecule has 0 bridgehead atoms. The van der Waals surface area contributed by atoms with E-state index in [2.05, 4.69) is 25.1 Å². The van der Waals surface area contributed by atoms with Crippen LogP contribution in [0.2, 0.25) is 0 Å². The standard InChI is InChI=1S/C20H25N5O4/c1-29-20(28)13-2-5-15-16(10-13)22-17(23-19(15)27)11-24-6-8-25(9-7-24)12-18(26)21-14-3-4-14/h2,5,10,14H,3-4,6-9,11-12H2,1H3,(H,21,26)(H,22,23,27). The Hall–Kier alpha value is -2.78. The largest absolute Gasteiger partial charge is 0.465 e. The summed E-state index contributed by atoms with van der Waals surface area (Å²) in [6.45, 7) is 4.12. The van der Waals surface area contributed by atoms with Gasteiger partial charge in [0.25, 0.3) is 5.56 Å². The minimum atomic E-state index is -0.461. The lowest BCUT2D eigenvalue weighted by Crippen LogP contribution is -2.49. The fourth-order valence-corrected chi connectivity index (χ4v) is 3.53. The first-order valence-corrected chi connectivity index (χ1v) is 9.87. The van der Waals surface area contributed by atoms with Gasteiger partial charge in [0.2, 0.25) is 5.91 Å². The van der Waals surface area contributed by atoms with Gasteiger partial charge in [-0.25, -0.2) is 9.78 Å². The molecule has 1 aliphatic heterocycles. The number of carbonyl (C=O) groups excluding carboxylic acids is 2. The van der Waals surface area contributed by atoms with Gasteiger partial charge in [0.15, 0.2) is 0 Å². The summed E-state index contributed by atoms with van der Waals surface area (Å²) in [6, 6.07) is 5.11. The SMILES string of the molecule is COC(=O)c1ccc2c(=O)[nH]c(CN3CCN(CC(=O)NC4CC4)CC3)nc2c1. The van der Waals surface area contributed by atoms with E-state index in [4.69, 9.17) is 4.74 Å². The van der Waals surface area contributed by atoms with E-state index in [0.29, 0.717) is 41.4 Å². The minimum Gasteiger partial charge on any atom is -0.465 e. The van der Waals surface area contributed by atoms with Gasteiger partial charge >= 0.3 is 5.97 Å². The number of rotatable bonds is 6. The number of hydrogen-bond donors (Lipinski definition) is 2. The van der Waals surface area contributed by atoms with Gasteiger partial charge in [-0.1, -0.05) is 0 Å². The van der Waals surface area contributed by atoms with Crippen LogP contribution < -0.4 is 10.9 Å². The van der Waals surface area contributed by atoms with Gasteiger partial charge in [0, 0.05) is 32.2 Å². The molecule has 0 radical (unpaired) electrons. The molecule has 0 unspecified atom stereocenters. The zero-order chi connectivity index (χ0) is 20.4. The number of aromatic nitrogens is 2. The van der Waals surface area contributed by atoms with Crippen molar-refractivity contribution in [1.29, 1.82) is 0 Å². The number of amides is 1. The highest BCUT2D eigenvalue weighted by Crippen LogP contribution is 2.18. The van der Waals surface area contributed by atoms with Crippen LogP contribution in [0.3, 0.4) is 0 Å². The zero-order valence-corrected chi connectivity index (χ0v) is 16.4. The normalized spacial score (nSPS) is 18.0. The van der Waals surface area contributed by atoms with Gasteiger partial charge in [-0.2, -0.15) is 0 Å². The number of carbonyl (C=O) groups is 2. The summed E-state index contributed by atoms with van der Waals surface area (Å²) in [5.41, 5.74) is 0.612. The van der Waals surface area contributed by atoms with Crippen LogP contribution >= 0.6 is 0 Å². The summed E-state index contributed by atoms with van der Waals surface area (Å²) in [5, 5.41) is 3.45. The van der Waals surface area contributed by atoms with Crippen LogP contribution in [0.15, 0.2) is 23.0 Å². The average Bonchev–Trinajstić information content (AvgIpc) is 3.52. The number of hydrogen-bond acceptors (Lipinski definition) is 7. The number of ether oxygens (including phenoxy) is 1. The first-order chi connectivity index (χ1) is 14.0. The molecule has 1 saturated heterocycles. The van der Waals surface area contributed by atoms with Crippen LogP contribution in [0.1, 0.15) is 29.0 Å². The van der Waals surface area contributed by atoms with E-state index in [1.54, 1.807) is 18.2 Å². The molecule has 9 heteroatoms. The fraction of sp³-hybridized carbons (Fsp3) is 0.500. The van der Waals surface area contributed by atoms with Crippen molar-refractivity contribution in [3.8, 4) is 0 Å². The predicted molar refractivity (Wildman–Crippen MR) is 107 cm³/mol. The van der Waals surface area contributed by atoms with E-state index < -0.39 is 5.97 Å². The van der Waals surface area contributed by atoms with Crippen molar-refractivity contribution in [3.05, 3.63) is 39.9 Å². The Morgan fingerprint density at radius 2 is 1.93 bits per heavy atom. The first-order valence-electron chi connectivity index (χ1n) is 9.87. The molecule has 2 heterocycles. The average molecular weight is 399 g/mol. The summed E-state index contributed by atoms with van der Waals surface area (Å²) in [6.07, 6.45) is 2.19. The van der Waals surface area contributed by atoms with Crippen LogP contribution in [0.4, 0.5) is 0 Å². The molecule has 29 heavy (non-hydrogen) atoms. The zero-order valence-electron chi connectivity index (χ0n) is 16.4. The maximum Gasteiger partial charge on any atom is 0.337 e. The van der Waals surface area contributed by atoms with Crippen molar-refractivity contribution in [2.45, 2.75) is 25.4 Å². The molecule has 1 aromatic heterocycles. The molecule has 4 rings (SSSR count). The number of piperazine rings is 1. The number of methoxy groups -OCH3 is 1. The lowest BCUT2D eigenvalue weighted by atomic mass is 10.1. The highest BCUT2D eigenvalue weighted by molar-refractivity contribution is 5.93. The molecule has 2 aliphatic rings. The van der Waals surface area contributed by atoms with E-state index in [1.165, 1.54) is 7.11 Å². The molecule has 0 spiro atoms. The third-order valence-corrected chi connectivity index (χ3v) is 5.32. The number of benzene rings is 1. The smallest absolute Gasteiger partial charge is 0.337 e. The summed E-state index contributed by atoms with van der Waals surface area (Å²) in [5.74, 6) is 0.199.